The maximum absolute atomic E-state index is 9.89. The number of aliphatic hydroxyl groups is 1. The fraction of sp³-hybridized carbons (Fsp3) is 0.750. The van der Waals surface area contributed by atoms with E-state index in [-0.39, 0.29) is 0 Å². The predicted molar refractivity (Wildman–Crippen MR) is 79.7 cm³/mol. The fourth-order valence-corrected chi connectivity index (χ4v) is 3.33. The van der Waals surface area contributed by atoms with Gasteiger partial charge in [0.1, 0.15) is 5.44 Å². The molecule has 0 aromatic rings. The van der Waals surface area contributed by atoms with E-state index < -0.39 is 5.44 Å². The molecule has 1 aliphatic rings. The smallest absolute Gasteiger partial charge is 0.161 e. The molecule has 0 saturated carbocycles. The lowest BCUT2D eigenvalue weighted by Crippen LogP contribution is -2.35. The van der Waals surface area contributed by atoms with E-state index in [0.717, 1.165) is 24.8 Å². The molecule has 3 nitrogen and oxygen atoms in total. The molecule has 17 heavy (non-hydrogen) atoms. The van der Waals surface area contributed by atoms with Crippen LogP contribution in [0.25, 0.3) is 0 Å². The van der Waals surface area contributed by atoms with Crippen molar-refractivity contribution in [2.75, 3.05) is 25.4 Å². The van der Waals surface area contributed by atoms with Gasteiger partial charge in [-0.2, -0.15) is 0 Å². The van der Waals surface area contributed by atoms with Crippen molar-refractivity contribution < 1.29 is 5.11 Å². The molecule has 0 amide bonds. The first-order valence-electron chi connectivity index (χ1n) is 6.14. The van der Waals surface area contributed by atoms with Crippen LogP contribution in [-0.4, -0.2) is 46.0 Å². The van der Waals surface area contributed by atoms with Gasteiger partial charge in [0.2, 0.25) is 0 Å². The van der Waals surface area contributed by atoms with Crippen molar-refractivity contribution in [2.45, 2.75) is 31.6 Å². The van der Waals surface area contributed by atoms with Crippen LogP contribution in [0, 0.1) is 0 Å². The topological polar surface area (TPSA) is 35.8 Å². The number of likely N-dealkylation sites (tertiary alicyclic amines) is 1. The average molecular weight is 274 g/mol. The van der Waals surface area contributed by atoms with Crippen LogP contribution in [0.5, 0.6) is 0 Å². The monoisotopic (exact) mass is 274 g/mol. The summed E-state index contributed by atoms with van der Waals surface area (Å²) in [7, 11) is 0. The number of aliphatic hydroxyl groups excluding tert-OH is 1. The first kappa shape index (κ1) is 14.9. The third-order valence-corrected chi connectivity index (χ3v) is 4.51. The van der Waals surface area contributed by atoms with Crippen LogP contribution in [-0.2, 0) is 0 Å². The van der Waals surface area contributed by atoms with Gasteiger partial charge in [0.05, 0.1) is 0 Å². The summed E-state index contributed by atoms with van der Waals surface area (Å²) < 4.78 is 0. The summed E-state index contributed by atoms with van der Waals surface area (Å²) in [6, 6.07) is 0. The third kappa shape index (κ3) is 5.84. The minimum absolute atomic E-state index is 0.398. The summed E-state index contributed by atoms with van der Waals surface area (Å²) in [6.45, 7) is 8.61. The lowest BCUT2D eigenvalue weighted by molar-refractivity contribution is 0.288. The number of amidine groups is 1. The Morgan fingerprint density at radius 2 is 2.18 bits per heavy atom. The van der Waals surface area contributed by atoms with Crippen LogP contribution >= 0.6 is 23.5 Å². The molecule has 0 aromatic carbocycles. The lowest BCUT2D eigenvalue weighted by Gasteiger charge is -2.30. The predicted octanol–water partition coefficient (Wildman–Crippen LogP) is 2.78. The molecular weight excluding hydrogens is 252 g/mol. The van der Waals surface area contributed by atoms with Crippen molar-refractivity contribution in [1.82, 2.24) is 4.90 Å². The quantitative estimate of drug-likeness (QED) is 0.475. The van der Waals surface area contributed by atoms with E-state index in [4.69, 9.17) is 0 Å². The highest BCUT2D eigenvalue weighted by atomic mass is 32.2. The summed E-state index contributed by atoms with van der Waals surface area (Å²) in [4.78, 5) is 6.81. The Kier molecular flexibility index (Phi) is 7.81. The average Bonchev–Trinajstić information content (AvgIpc) is 2.37. The maximum Gasteiger partial charge on any atom is 0.161 e. The number of aliphatic imine (C=N–C) groups is 1. The molecule has 0 aromatic heterocycles. The van der Waals surface area contributed by atoms with Gasteiger partial charge in [-0.25, -0.2) is 0 Å². The Labute approximate surface area is 113 Å². The fourth-order valence-electron chi connectivity index (χ4n) is 1.74. The molecule has 1 saturated heterocycles. The lowest BCUT2D eigenvalue weighted by atomic mass is 10.1. The number of nitrogens with zero attached hydrogens (tertiary/aromatic N) is 2. The van der Waals surface area contributed by atoms with Gasteiger partial charge in [0.25, 0.3) is 0 Å². The standard InChI is InChI=1S/C12H22N2OS2/c1-3-13-12(14-8-6-5-7-9-14)17-11(15)10-16-4-2/h4,11,15H,2-3,5-10H2,1H3/b13-12-. The van der Waals surface area contributed by atoms with E-state index in [1.54, 1.807) is 17.2 Å². The summed E-state index contributed by atoms with van der Waals surface area (Å²) in [5.41, 5.74) is -0.398. The van der Waals surface area contributed by atoms with Crippen molar-refractivity contribution >= 4 is 28.7 Å². The van der Waals surface area contributed by atoms with Gasteiger partial charge in [-0.15, -0.1) is 11.8 Å². The highest BCUT2D eigenvalue weighted by Gasteiger charge is 2.18. The second-order valence-electron chi connectivity index (χ2n) is 3.88. The molecule has 1 atom stereocenters. The number of piperidine rings is 1. The number of hydrogen-bond donors (Lipinski definition) is 1. The zero-order chi connectivity index (χ0) is 12.5. The van der Waals surface area contributed by atoms with Crippen LogP contribution in [0.2, 0.25) is 0 Å². The van der Waals surface area contributed by atoms with Crippen LogP contribution in [0.15, 0.2) is 17.0 Å². The highest BCUT2D eigenvalue weighted by molar-refractivity contribution is 8.15. The second kappa shape index (κ2) is 8.89. The van der Waals surface area contributed by atoms with E-state index in [2.05, 4.69) is 16.5 Å². The molecule has 1 rings (SSSR count). The van der Waals surface area contributed by atoms with Gasteiger partial charge in [0.15, 0.2) is 5.17 Å². The van der Waals surface area contributed by atoms with Crippen molar-refractivity contribution in [1.29, 1.82) is 0 Å². The largest absolute Gasteiger partial charge is 0.381 e. The molecule has 0 spiro atoms. The normalized spacial score (nSPS) is 19.2. The Morgan fingerprint density at radius 1 is 1.47 bits per heavy atom. The first-order chi connectivity index (χ1) is 8.27. The van der Waals surface area contributed by atoms with Crippen LogP contribution < -0.4 is 0 Å². The highest BCUT2D eigenvalue weighted by Crippen LogP contribution is 2.21. The van der Waals surface area contributed by atoms with Crippen LogP contribution in [0.4, 0.5) is 0 Å². The number of hydrogen-bond acceptors (Lipinski definition) is 4. The van der Waals surface area contributed by atoms with Crippen molar-refractivity contribution in [2.24, 2.45) is 4.99 Å². The third-order valence-electron chi connectivity index (χ3n) is 2.52. The van der Waals surface area contributed by atoms with Gasteiger partial charge in [0, 0.05) is 25.4 Å². The van der Waals surface area contributed by atoms with Gasteiger partial charge in [-0.3, -0.25) is 4.99 Å². The summed E-state index contributed by atoms with van der Waals surface area (Å²) in [5, 5.41) is 12.7. The van der Waals surface area contributed by atoms with E-state index in [0.29, 0.717) is 5.75 Å². The molecule has 0 aliphatic carbocycles. The van der Waals surface area contributed by atoms with Crippen molar-refractivity contribution in [3.8, 4) is 0 Å². The Hall–Kier alpha value is -0.130. The SMILES string of the molecule is C=CSCC(O)S/C(=N\CC)N1CCCCC1. The molecule has 1 aliphatic heterocycles. The van der Waals surface area contributed by atoms with E-state index >= 15 is 0 Å². The Bertz CT molecular complexity index is 253. The second-order valence-corrected chi connectivity index (χ2v) is 6.02. The minimum atomic E-state index is -0.398. The molecule has 98 valence electrons. The molecule has 1 unspecified atom stereocenters. The van der Waals surface area contributed by atoms with Crippen LogP contribution in [0.3, 0.4) is 0 Å². The summed E-state index contributed by atoms with van der Waals surface area (Å²) in [6.07, 6.45) is 3.79. The molecule has 1 N–H and O–H groups in total. The van der Waals surface area contributed by atoms with E-state index in [1.807, 2.05) is 6.92 Å². The van der Waals surface area contributed by atoms with Gasteiger partial charge >= 0.3 is 0 Å². The zero-order valence-corrected chi connectivity index (χ0v) is 12.1. The Morgan fingerprint density at radius 3 is 2.76 bits per heavy atom. The Balaban J connectivity index is 2.47. The molecule has 5 heteroatoms. The molecule has 1 heterocycles. The summed E-state index contributed by atoms with van der Waals surface area (Å²) in [5.74, 6) is 0.671. The van der Waals surface area contributed by atoms with Crippen molar-refractivity contribution in [3.05, 3.63) is 12.0 Å². The summed E-state index contributed by atoms with van der Waals surface area (Å²) >= 11 is 3.02. The van der Waals surface area contributed by atoms with E-state index in [1.165, 1.54) is 31.0 Å². The van der Waals surface area contributed by atoms with Gasteiger partial charge < -0.3 is 10.0 Å². The molecule has 0 bridgehead atoms. The zero-order valence-electron chi connectivity index (χ0n) is 10.5. The van der Waals surface area contributed by atoms with Gasteiger partial charge in [-0.1, -0.05) is 18.3 Å². The minimum Gasteiger partial charge on any atom is -0.381 e. The number of thioether (sulfide) groups is 2. The van der Waals surface area contributed by atoms with E-state index in [9.17, 15) is 5.11 Å². The van der Waals surface area contributed by atoms with Crippen LogP contribution in [0.1, 0.15) is 26.2 Å². The number of rotatable bonds is 5. The van der Waals surface area contributed by atoms with Gasteiger partial charge in [-0.05, 0) is 31.6 Å². The maximum atomic E-state index is 9.89. The molecular formula is C12H22N2OS2. The van der Waals surface area contributed by atoms with Crippen molar-refractivity contribution in [3.63, 3.8) is 0 Å². The first-order valence-corrected chi connectivity index (χ1v) is 8.07. The molecule has 0 radical (unpaired) electrons. The molecule has 1 fully saturated rings.